The lowest BCUT2D eigenvalue weighted by atomic mass is 10.1. The first-order valence-electron chi connectivity index (χ1n) is 5.64. The van der Waals surface area contributed by atoms with Crippen molar-refractivity contribution in [3.05, 3.63) is 57.8 Å². The molecule has 0 aliphatic heterocycles. The third-order valence-corrected chi connectivity index (χ3v) is 3.28. The Morgan fingerprint density at radius 3 is 2.38 bits per heavy atom. The van der Waals surface area contributed by atoms with Gasteiger partial charge in [0, 0.05) is 15.8 Å². The number of anilines is 2. The first kappa shape index (κ1) is 15.3. The third-order valence-electron chi connectivity index (χ3n) is 2.59. The third kappa shape index (κ3) is 3.73. The number of benzene rings is 2. The number of nitriles is 1. The van der Waals surface area contributed by atoms with E-state index >= 15 is 0 Å². The highest BCUT2D eigenvalue weighted by Gasteiger charge is 2.33. The molecule has 0 amide bonds. The van der Waals surface area contributed by atoms with Crippen LogP contribution in [0, 0.1) is 17.1 Å². The minimum Gasteiger partial charge on any atom is -0.355 e. The van der Waals surface area contributed by atoms with Crippen LogP contribution in [0.2, 0.25) is 0 Å². The molecule has 2 aromatic rings. The maximum atomic E-state index is 13.3. The van der Waals surface area contributed by atoms with E-state index in [1.807, 2.05) is 0 Å². The Hall–Kier alpha value is -2.07. The van der Waals surface area contributed by atoms with Crippen LogP contribution in [0.25, 0.3) is 0 Å². The molecule has 0 radical (unpaired) electrons. The fraction of sp³-hybridized carbons (Fsp3) is 0.0714. The zero-order chi connectivity index (χ0) is 15.6. The molecule has 21 heavy (non-hydrogen) atoms. The highest BCUT2D eigenvalue weighted by atomic mass is 79.9. The number of nitrogens with one attached hydrogen (secondary N) is 1. The van der Waals surface area contributed by atoms with Crippen LogP contribution in [0.4, 0.5) is 28.9 Å². The predicted octanol–water partition coefficient (Wildman–Crippen LogP) is 5.22. The summed E-state index contributed by atoms with van der Waals surface area (Å²) in [5, 5.41) is 11.4. The average molecular weight is 359 g/mol. The lowest BCUT2D eigenvalue weighted by molar-refractivity contribution is -0.138. The van der Waals surface area contributed by atoms with Crippen molar-refractivity contribution in [1.29, 1.82) is 5.26 Å². The fourth-order valence-electron chi connectivity index (χ4n) is 1.71. The van der Waals surface area contributed by atoms with E-state index in [-0.39, 0.29) is 21.4 Å². The van der Waals surface area contributed by atoms with Crippen LogP contribution in [-0.2, 0) is 6.18 Å². The maximum absolute atomic E-state index is 13.3. The second kappa shape index (κ2) is 5.74. The summed E-state index contributed by atoms with van der Waals surface area (Å²) in [7, 11) is 0. The molecular weight excluding hydrogens is 352 g/mol. The van der Waals surface area contributed by atoms with Gasteiger partial charge in [0.1, 0.15) is 5.82 Å². The van der Waals surface area contributed by atoms with Gasteiger partial charge in [-0.25, -0.2) is 4.39 Å². The number of alkyl halides is 3. The van der Waals surface area contributed by atoms with Crippen LogP contribution in [0.1, 0.15) is 11.1 Å². The Morgan fingerprint density at radius 2 is 1.76 bits per heavy atom. The van der Waals surface area contributed by atoms with E-state index in [4.69, 9.17) is 5.26 Å². The molecule has 0 spiro atoms. The van der Waals surface area contributed by atoms with E-state index in [0.29, 0.717) is 0 Å². The molecule has 0 saturated heterocycles. The number of nitrogens with zero attached hydrogens (tertiary/aromatic N) is 1. The SMILES string of the molecule is N#Cc1cc(F)cc(Nc2ccc(Br)c(C(F)(F)F)c2)c1. The van der Waals surface area contributed by atoms with Gasteiger partial charge in [-0.1, -0.05) is 15.9 Å². The van der Waals surface area contributed by atoms with Crippen LogP contribution >= 0.6 is 15.9 Å². The van der Waals surface area contributed by atoms with E-state index < -0.39 is 17.6 Å². The molecule has 2 aromatic carbocycles. The molecular formula is C14H7BrF4N2. The molecule has 0 heterocycles. The van der Waals surface area contributed by atoms with Gasteiger partial charge in [-0.2, -0.15) is 18.4 Å². The van der Waals surface area contributed by atoms with Crippen molar-refractivity contribution in [2.75, 3.05) is 5.32 Å². The van der Waals surface area contributed by atoms with E-state index in [2.05, 4.69) is 21.2 Å². The minimum absolute atomic E-state index is 0.0747. The normalized spacial score (nSPS) is 11.0. The van der Waals surface area contributed by atoms with Gasteiger partial charge in [-0.05, 0) is 36.4 Å². The summed E-state index contributed by atoms with van der Waals surface area (Å²) in [6, 6.07) is 8.81. The van der Waals surface area contributed by atoms with Gasteiger partial charge in [-0.3, -0.25) is 0 Å². The Kier molecular flexibility index (Phi) is 4.19. The highest BCUT2D eigenvalue weighted by Crippen LogP contribution is 2.36. The summed E-state index contributed by atoms with van der Waals surface area (Å²) in [5.74, 6) is -0.648. The first-order chi connectivity index (χ1) is 9.79. The van der Waals surface area contributed by atoms with E-state index in [1.165, 1.54) is 18.2 Å². The van der Waals surface area contributed by atoms with Gasteiger partial charge >= 0.3 is 6.18 Å². The van der Waals surface area contributed by atoms with E-state index in [9.17, 15) is 17.6 Å². The van der Waals surface area contributed by atoms with Crippen molar-refractivity contribution in [1.82, 2.24) is 0 Å². The summed E-state index contributed by atoms with van der Waals surface area (Å²) in [6.07, 6.45) is -4.50. The van der Waals surface area contributed by atoms with Crippen LogP contribution in [-0.4, -0.2) is 0 Å². The quantitative estimate of drug-likeness (QED) is 0.746. The number of rotatable bonds is 2. The van der Waals surface area contributed by atoms with Gasteiger partial charge in [0.25, 0.3) is 0 Å². The number of halogens is 5. The summed E-state index contributed by atoms with van der Waals surface area (Å²) in [5.41, 5.74) is -0.433. The van der Waals surface area contributed by atoms with Crippen molar-refractivity contribution < 1.29 is 17.6 Å². The highest BCUT2D eigenvalue weighted by molar-refractivity contribution is 9.10. The monoisotopic (exact) mass is 358 g/mol. The van der Waals surface area contributed by atoms with Crippen LogP contribution < -0.4 is 5.32 Å². The second-order valence-corrected chi connectivity index (χ2v) is 5.01. The summed E-state index contributed by atoms with van der Waals surface area (Å²) in [4.78, 5) is 0. The molecule has 0 unspecified atom stereocenters. The van der Waals surface area contributed by atoms with Gasteiger partial charge in [0.05, 0.1) is 17.2 Å². The first-order valence-corrected chi connectivity index (χ1v) is 6.43. The van der Waals surface area contributed by atoms with Crippen molar-refractivity contribution in [3.8, 4) is 6.07 Å². The minimum atomic E-state index is -4.50. The second-order valence-electron chi connectivity index (χ2n) is 4.16. The Morgan fingerprint density at radius 1 is 1.05 bits per heavy atom. The van der Waals surface area contributed by atoms with Crippen LogP contribution in [0.15, 0.2) is 40.9 Å². The zero-order valence-electron chi connectivity index (χ0n) is 10.3. The molecule has 2 nitrogen and oxygen atoms in total. The summed E-state index contributed by atoms with van der Waals surface area (Å²) in [6.45, 7) is 0. The van der Waals surface area contributed by atoms with Crippen LogP contribution in [0.3, 0.4) is 0 Å². The molecule has 0 aliphatic carbocycles. The van der Waals surface area contributed by atoms with E-state index in [0.717, 1.165) is 18.2 Å². The van der Waals surface area contributed by atoms with Gasteiger partial charge in [-0.15, -0.1) is 0 Å². The molecule has 7 heteroatoms. The average Bonchev–Trinajstić information content (AvgIpc) is 2.39. The Balaban J connectivity index is 2.37. The van der Waals surface area contributed by atoms with Crippen LogP contribution in [0.5, 0.6) is 0 Å². The Labute approximate surface area is 126 Å². The lowest BCUT2D eigenvalue weighted by Gasteiger charge is -2.13. The fourth-order valence-corrected chi connectivity index (χ4v) is 2.18. The van der Waals surface area contributed by atoms with Gasteiger partial charge in [0.15, 0.2) is 0 Å². The van der Waals surface area contributed by atoms with Gasteiger partial charge < -0.3 is 5.32 Å². The largest absolute Gasteiger partial charge is 0.417 e. The topological polar surface area (TPSA) is 35.8 Å². The molecule has 0 fully saturated rings. The molecule has 0 atom stereocenters. The van der Waals surface area contributed by atoms with Crippen molar-refractivity contribution in [2.45, 2.75) is 6.18 Å². The number of hydrogen-bond donors (Lipinski definition) is 1. The van der Waals surface area contributed by atoms with Crippen molar-refractivity contribution >= 4 is 27.3 Å². The molecule has 1 N–H and O–H groups in total. The molecule has 2 rings (SSSR count). The Bertz CT molecular complexity index is 720. The van der Waals surface area contributed by atoms with Crippen molar-refractivity contribution in [2.24, 2.45) is 0 Å². The van der Waals surface area contributed by atoms with Gasteiger partial charge in [0.2, 0.25) is 0 Å². The number of hydrogen-bond acceptors (Lipinski definition) is 2. The van der Waals surface area contributed by atoms with Crippen molar-refractivity contribution in [3.63, 3.8) is 0 Å². The molecule has 0 saturated carbocycles. The molecule has 108 valence electrons. The van der Waals surface area contributed by atoms with E-state index in [1.54, 1.807) is 6.07 Å². The standard InChI is InChI=1S/C14H7BrF4N2/c15-13-2-1-10(6-12(13)14(17,18)19)21-11-4-8(7-20)3-9(16)5-11/h1-6,21H. The predicted molar refractivity (Wildman–Crippen MR) is 73.5 cm³/mol. The zero-order valence-corrected chi connectivity index (χ0v) is 11.9. The lowest BCUT2D eigenvalue weighted by Crippen LogP contribution is -2.06. The molecule has 0 aliphatic rings. The molecule has 0 aromatic heterocycles. The smallest absolute Gasteiger partial charge is 0.355 e. The summed E-state index contributed by atoms with van der Waals surface area (Å²) < 4.78 is 51.6. The molecule has 0 bridgehead atoms. The summed E-state index contributed by atoms with van der Waals surface area (Å²) >= 11 is 2.84. The maximum Gasteiger partial charge on any atom is 0.417 e.